The molecule has 0 fully saturated rings. The average Bonchev–Trinajstić information content (AvgIpc) is 2.89. The number of carbonyl (C=O) groups is 1. The van der Waals surface area contributed by atoms with Crippen molar-refractivity contribution in [3.8, 4) is 0 Å². The first kappa shape index (κ1) is 17.9. The van der Waals surface area contributed by atoms with Crippen LogP contribution in [0.2, 0.25) is 0 Å². The number of hydrogen-bond acceptors (Lipinski definition) is 6. The molecule has 0 spiro atoms. The van der Waals surface area contributed by atoms with Gasteiger partial charge in [0.25, 0.3) is 0 Å². The number of aryl methyl sites for hydroxylation is 1. The number of sulfone groups is 1. The summed E-state index contributed by atoms with van der Waals surface area (Å²) >= 11 is 0. The van der Waals surface area contributed by atoms with Crippen LogP contribution in [0.4, 0.5) is 0 Å². The van der Waals surface area contributed by atoms with E-state index in [-0.39, 0.29) is 33.8 Å². The minimum Gasteiger partial charge on any atom is -0.461 e. The zero-order chi connectivity index (χ0) is 17.9. The molecule has 1 heterocycles. The summed E-state index contributed by atoms with van der Waals surface area (Å²) < 4.78 is 36.2. The number of ether oxygens (including phenoxy) is 1. The van der Waals surface area contributed by atoms with Crippen molar-refractivity contribution in [2.45, 2.75) is 32.6 Å². The van der Waals surface area contributed by atoms with Crippen LogP contribution < -0.4 is 0 Å². The van der Waals surface area contributed by atoms with Gasteiger partial charge in [0.15, 0.2) is 5.69 Å². The SMILES string of the molecule is CCOC(=O)c1nc(C(=C(C)C)S(=O)(=O)c2ccccc2)oc1C. The Morgan fingerprint density at radius 2 is 1.83 bits per heavy atom. The van der Waals surface area contributed by atoms with E-state index >= 15 is 0 Å². The lowest BCUT2D eigenvalue weighted by molar-refractivity contribution is 0.0518. The zero-order valence-electron chi connectivity index (χ0n) is 14.0. The number of oxazole rings is 1. The third kappa shape index (κ3) is 3.41. The van der Waals surface area contributed by atoms with Gasteiger partial charge in [0.05, 0.1) is 11.5 Å². The fraction of sp³-hybridized carbons (Fsp3) is 0.294. The molecule has 7 heteroatoms. The topological polar surface area (TPSA) is 86.5 Å². The Hall–Kier alpha value is -2.41. The summed E-state index contributed by atoms with van der Waals surface area (Å²) in [6, 6.07) is 8.01. The number of rotatable bonds is 5. The molecule has 0 atom stereocenters. The van der Waals surface area contributed by atoms with Crippen molar-refractivity contribution in [3.63, 3.8) is 0 Å². The number of allylic oxidation sites excluding steroid dienone is 1. The fourth-order valence-electron chi connectivity index (χ4n) is 2.20. The fourth-order valence-corrected chi connectivity index (χ4v) is 3.80. The van der Waals surface area contributed by atoms with Crippen LogP contribution in [-0.4, -0.2) is 26.0 Å². The Morgan fingerprint density at radius 3 is 2.38 bits per heavy atom. The average molecular weight is 349 g/mol. The summed E-state index contributed by atoms with van der Waals surface area (Å²) in [6.07, 6.45) is 0. The molecule has 24 heavy (non-hydrogen) atoms. The second-order valence-corrected chi connectivity index (χ2v) is 7.18. The maximum Gasteiger partial charge on any atom is 0.360 e. The highest BCUT2D eigenvalue weighted by Gasteiger charge is 2.30. The lowest BCUT2D eigenvalue weighted by Crippen LogP contribution is -2.08. The van der Waals surface area contributed by atoms with Gasteiger partial charge < -0.3 is 9.15 Å². The predicted octanol–water partition coefficient (Wildman–Crippen LogP) is 3.38. The van der Waals surface area contributed by atoms with Gasteiger partial charge in [-0.3, -0.25) is 0 Å². The third-order valence-electron chi connectivity index (χ3n) is 3.24. The highest BCUT2D eigenvalue weighted by molar-refractivity contribution is 8.00. The molecule has 0 aliphatic heterocycles. The molecule has 128 valence electrons. The highest BCUT2D eigenvalue weighted by Crippen LogP contribution is 2.31. The highest BCUT2D eigenvalue weighted by atomic mass is 32.2. The monoisotopic (exact) mass is 349 g/mol. The van der Waals surface area contributed by atoms with E-state index in [9.17, 15) is 13.2 Å². The Morgan fingerprint density at radius 1 is 1.21 bits per heavy atom. The normalized spacial score (nSPS) is 11.2. The Bertz CT molecular complexity index is 875. The summed E-state index contributed by atoms with van der Waals surface area (Å²) in [5.41, 5.74) is 0.490. The molecule has 0 aliphatic rings. The standard InChI is InChI=1S/C17H19NO5S/c1-5-22-17(19)14-12(4)23-16(18-14)15(11(2)3)24(20,21)13-9-7-6-8-10-13/h6-10H,5H2,1-4H3. The Kier molecular flexibility index (Phi) is 5.23. The van der Waals surface area contributed by atoms with Gasteiger partial charge in [-0.2, -0.15) is 0 Å². The van der Waals surface area contributed by atoms with Crippen LogP contribution in [0.15, 0.2) is 45.2 Å². The Balaban J connectivity index is 2.58. The molecule has 0 aliphatic carbocycles. The number of hydrogen-bond donors (Lipinski definition) is 0. The van der Waals surface area contributed by atoms with Crippen molar-refractivity contribution >= 4 is 20.7 Å². The molecule has 2 aromatic rings. The van der Waals surface area contributed by atoms with E-state index in [1.54, 1.807) is 45.9 Å². The van der Waals surface area contributed by atoms with Crippen molar-refractivity contribution in [1.82, 2.24) is 4.98 Å². The van der Waals surface area contributed by atoms with Gasteiger partial charge in [-0.05, 0) is 39.8 Å². The molecule has 0 amide bonds. The predicted molar refractivity (Wildman–Crippen MR) is 89.1 cm³/mol. The summed E-state index contributed by atoms with van der Waals surface area (Å²) in [4.78, 5) is 16.0. The van der Waals surface area contributed by atoms with Crippen LogP contribution in [0, 0.1) is 6.92 Å². The molecule has 0 saturated heterocycles. The molecular formula is C17H19NO5S. The molecule has 1 aromatic heterocycles. The van der Waals surface area contributed by atoms with Crippen molar-refractivity contribution in [1.29, 1.82) is 0 Å². The quantitative estimate of drug-likeness (QED) is 0.769. The minimum absolute atomic E-state index is 0.0196. The summed E-state index contributed by atoms with van der Waals surface area (Å²) in [7, 11) is -3.82. The molecule has 0 unspecified atom stereocenters. The molecule has 0 radical (unpaired) electrons. The van der Waals surface area contributed by atoms with Crippen molar-refractivity contribution in [2.75, 3.05) is 6.61 Å². The number of nitrogens with zero attached hydrogens (tertiary/aromatic N) is 1. The molecule has 0 bridgehead atoms. The summed E-state index contributed by atoms with van der Waals surface area (Å²) in [6.45, 7) is 6.72. The van der Waals surface area contributed by atoms with Gasteiger partial charge >= 0.3 is 5.97 Å². The minimum atomic E-state index is -3.82. The van der Waals surface area contributed by atoms with E-state index in [1.807, 2.05) is 0 Å². The maximum atomic E-state index is 12.9. The third-order valence-corrected chi connectivity index (χ3v) is 5.25. The lowest BCUT2D eigenvalue weighted by Gasteiger charge is -2.08. The molecule has 0 saturated carbocycles. The van der Waals surface area contributed by atoms with Gasteiger partial charge in [0, 0.05) is 0 Å². The van der Waals surface area contributed by atoms with Crippen LogP contribution >= 0.6 is 0 Å². The number of esters is 1. The first-order valence-corrected chi connectivity index (χ1v) is 8.89. The van der Waals surface area contributed by atoms with E-state index in [1.165, 1.54) is 12.1 Å². The Labute approximate surface area is 141 Å². The number of aromatic nitrogens is 1. The first-order valence-electron chi connectivity index (χ1n) is 7.41. The second-order valence-electron chi connectivity index (χ2n) is 5.29. The smallest absolute Gasteiger partial charge is 0.360 e. The van der Waals surface area contributed by atoms with E-state index < -0.39 is 15.8 Å². The van der Waals surface area contributed by atoms with E-state index in [0.717, 1.165) is 0 Å². The van der Waals surface area contributed by atoms with E-state index in [4.69, 9.17) is 9.15 Å². The number of carbonyl (C=O) groups excluding carboxylic acids is 1. The number of benzene rings is 1. The maximum absolute atomic E-state index is 12.9. The zero-order valence-corrected chi connectivity index (χ0v) is 14.8. The van der Waals surface area contributed by atoms with Crippen LogP contribution in [0.5, 0.6) is 0 Å². The molecule has 2 rings (SSSR count). The van der Waals surface area contributed by atoms with Crippen molar-refractivity contribution < 1.29 is 22.4 Å². The lowest BCUT2D eigenvalue weighted by atomic mass is 10.3. The van der Waals surface area contributed by atoms with Crippen LogP contribution in [0.1, 0.15) is 42.9 Å². The first-order chi connectivity index (χ1) is 11.3. The molecule has 0 N–H and O–H groups in total. The van der Waals surface area contributed by atoms with Crippen LogP contribution in [0.25, 0.3) is 4.91 Å². The van der Waals surface area contributed by atoms with Crippen LogP contribution in [-0.2, 0) is 14.6 Å². The van der Waals surface area contributed by atoms with Gasteiger partial charge in [-0.1, -0.05) is 23.8 Å². The molecule has 6 nitrogen and oxygen atoms in total. The van der Waals surface area contributed by atoms with E-state index in [0.29, 0.717) is 5.57 Å². The van der Waals surface area contributed by atoms with Crippen molar-refractivity contribution in [2.24, 2.45) is 0 Å². The second kappa shape index (κ2) is 7.00. The summed E-state index contributed by atoms with van der Waals surface area (Å²) in [5.74, 6) is -0.542. The van der Waals surface area contributed by atoms with Crippen LogP contribution in [0.3, 0.4) is 0 Å². The molecule has 1 aromatic carbocycles. The largest absolute Gasteiger partial charge is 0.461 e. The molecular weight excluding hydrogens is 330 g/mol. The van der Waals surface area contributed by atoms with Gasteiger partial charge in [0.1, 0.15) is 10.7 Å². The summed E-state index contributed by atoms with van der Waals surface area (Å²) in [5, 5.41) is 0. The van der Waals surface area contributed by atoms with Gasteiger partial charge in [-0.25, -0.2) is 18.2 Å². The van der Waals surface area contributed by atoms with Crippen molar-refractivity contribution in [3.05, 3.63) is 53.2 Å². The van der Waals surface area contributed by atoms with Gasteiger partial charge in [-0.15, -0.1) is 0 Å². The van der Waals surface area contributed by atoms with E-state index in [2.05, 4.69) is 4.98 Å². The van der Waals surface area contributed by atoms with Gasteiger partial charge in [0.2, 0.25) is 15.7 Å².